The smallest absolute Gasteiger partial charge is 0.550 e. The van der Waals surface area contributed by atoms with Crippen molar-refractivity contribution in [3.8, 4) is 11.8 Å². The first-order valence-corrected chi connectivity index (χ1v) is 11.5. The fourth-order valence-corrected chi connectivity index (χ4v) is 3.93. The van der Waals surface area contributed by atoms with Crippen molar-refractivity contribution in [2.24, 2.45) is 0 Å². The standard InChI is InChI=1S/C28H32N2O4.Na/c1-28(2,16-21-11-12-22-7-3-4-8-23(22)14-21)30-18-25(31)19-34-26-15-20(6-5-9-27(32)33)10-13-24(26)17-29;/h3-4,7-8,10-15,25,30-31H,5-6,9,16,18-19H2,1-2H3,(H,32,33);/q;+1/p-1/t25-;/m1./s1. The molecule has 0 aliphatic heterocycles. The molecular weight excluding hydrogens is 451 g/mol. The van der Waals surface area contributed by atoms with Gasteiger partial charge in [-0.3, -0.25) is 0 Å². The molecule has 1 atom stereocenters. The number of aliphatic carboxylic acids is 1. The van der Waals surface area contributed by atoms with Crippen LogP contribution in [0.15, 0.2) is 60.7 Å². The van der Waals surface area contributed by atoms with Crippen LogP contribution in [0.25, 0.3) is 10.8 Å². The maximum absolute atomic E-state index is 10.6. The van der Waals surface area contributed by atoms with Crippen LogP contribution < -0.4 is 44.7 Å². The number of hydrogen-bond donors (Lipinski definition) is 2. The number of nitrogens with one attached hydrogen (secondary N) is 1. The van der Waals surface area contributed by atoms with Crippen molar-refractivity contribution >= 4 is 16.7 Å². The van der Waals surface area contributed by atoms with Gasteiger partial charge in [-0.2, -0.15) is 5.26 Å². The summed E-state index contributed by atoms with van der Waals surface area (Å²) < 4.78 is 5.75. The zero-order valence-electron chi connectivity index (χ0n) is 20.7. The molecule has 0 aliphatic rings. The van der Waals surface area contributed by atoms with Crippen LogP contribution in [0.5, 0.6) is 5.75 Å². The van der Waals surface area contributed by atoms with Crippen molar-refractivity contribution in [1.82, 2.24) is 5.32 Å². The zero-order chi connectivity index (χ0) is 24.6. The second-order valence-corrected chi connectivity index (χ2v) is 9.26. The molecule has 3 rings (SSSR count). The molecule has 0 amide bonds. The van der Waals surface area contributed by atoms with Gasteiger partial charge in [0.05, 0.1) is 5.56 Å². The first-order chi connectivity index (χ1) is 16.3. The maximum Gasteiger partial charge on any atom is 1.00 e. The largest absolute Gasteiger partial charge is 1.00 e. The van der Waals surface area contributed by atoms with E-state index < -0.39 is 12.1 Å². The van der Waals surface area contributed by atoms with Crippen LogP contribution in [0.4, 0.5) is 0 Å². The Hall–Kier alpha value is -2.40. The molecule has 3 aromatic carbocycles. The van der Waals surface area contributed by atoms with Crippen molar-refractivity contribution in [3.63, 3.8) is 0 Å². The minimum absolute atomic E-state index is 0. The van der Waals surface area contributed by atoms with Gasteiger partial charge in [0, 0.05) is 18.1 Å². The van der Waals surface area contributed by atoms with E-state index in [9.17, 15) is 20.3 Å². The van der Waals surface area contributed by atoms with E-state index in [4.69, 9.17) is 4.74 Å². The summed E-state index contributed by atoms with van der Waals surface area (Å²) in [5.41, 5.74) is 2.23. The van der Waals surface area contributed by atoms with Gasteiger partial charge >= 0.3 is 29.6 Å². The van der Waals surface area contributed by atoms with Crippen LogP contribution in [0.2, 0.25) is 0 Å². The van der Waals surface area contributed by atoms with E-state index in [0.717, 1.165) is 12.0 Å². The van der Waals surface area contributed by atoms with Gasteiger partial charge in [0.25, 0.3) is 0 Å². The SMILES string of the molecule is CC(C)(Cc1ccc2ccccc2c1)NC[C@@H](O)COc1cc(CCCC(=O)[O-])ccc1C#N.[Na+]. The quantitative estimate of drug-likeness (QED) is 0.356. The molecule has 0 fully saturated rings. The molecule has 0 spiro atoms. The number of nitrogens with zero attached hydrogens (tertiary/aromatic N) is 1. The Balaban J connectivity index is 0.00000432. The summed E-state index contributed by atoms with van der Waals surface area (Å²) in [5.74, 6) is -0.688. The van der Waals surface area contributed by atoms with Crippen LogP contribution in [-0.2, 0) is 17.6 Å². The number of carboxylic acids is 1. The average Bonchev–Trinajstić information content (AvgIpc) is 2.81. The monoisotopic (exact) mass is 482 g/mol. The normalized spacial score (nSPS) is 11.9. The van der Waals surface area contributed by atoms with Gasteiger partial charge in [-0.15, -0.1) is 0 Å². The Morgan fingerprint density at radius 2 is 1.83 bits per heavy atom. The molecule has 7 heteroatoms. The summed E-state index contributed by atoms with van der Waals surface area (Å²) in [6, 6.07) is 22.0. The van der Waals surface area contributed by atoms with E-state index in [1.54, 1.807) is 18.2 Å². The summed E-state index contributed by atoms with van der Waals surface area (Å²) >= 11 is 0. The summed E-state index contributed by atoms with van der Waals surface area (Å²) in [4.78, 5) is 10.6. The third-order valence-corrected chi connectivity index (χ3v) is 5.72. The number of fused-ring (bicyclic) bond motifs is 1. The number of aryl methyl sites for hydroxylation is 1. The molecule has 6 nitrogen and oxygen atoms in total. The van der Waals surface area contributed by atoms with Crippen LogP contribution >= 0.6 is 0 Å². The number of aliphatic hydroxyl groups is 1. The van der Waals surface area contributed by atoms with Crippen molar-refractivity contribution < 1.29 is 49.3 Å². The van der Waals surface area contributed by atoms with Crippen molar-refractivity contribution in [1.29, 1.82) is 5.26 Å². The summed E-state index contributed by atoms with van der Waals surface area (Å²) in [6.07, 6.45) is 1.02. The number of nitriles is 1. The van der Waals surface area contributed by atoms with E-state index in [0.29, 0.717) is 30.7 Å². The van der Waals surface area contributed by atoms with Gasteiger partial charge in [0.1, 0.15) is 24.5 Å². The third kappa shape index (κ3) is 9.29. The van der Waals surface area contributed by atoms with Gasteiger partial charge in [0.15, 0.2) is 0 Å². The van der Waals surface area contributed by atoms with Gasteiger partial charge in [-0.25, -0.2) is 0 Å². The van der Waals surface area contributed by atoms with E-state index >= 15 is 0 Å². The van der Waals surface area contributed by atoms with Crippen molar-refractivity contribution in [2.75, 3.05) is 13.2 Å². The summed E-state index contributed by atoms with van der Waals surface area (Å²) in [6.45, 7) is 4.57. The zero-order valence-corrected chi connectivity index (χ0v) is 22.7. The Morgan fingerprint density at radius 3 is 2.54 bits per heavy atom. The molecule has 0 bridgehead atoms. The molecule has 0 radical (unpaired) electrons. The second-order valence-electron chi connectivity index (χ2n) is 9.26. The molecule has 0 unspecified atom stereocenters. The number of ether oxygens (including phenoxy) is 1. The van der Waals surface area contributed by atoms with Crippen LogP contribution in [-0.4, -0.2) is 35.9 Å². The maximum atomic E-state index is 10.6. The Bertz CT molecular complexity index is 1170. The van der Waals surface area contributed by atoms with E-state index in [2.05, 4.69) is 55.6 Å². The topological polar surface area (TPSA) is 105 Å². The minimum atomic E-state index is -1.08. The van der Waals surface area contributed by atoms with Gasteiger partial charge in [-0.1, -0.05) is 48.5 Å². The van der Waals surface area contributed by atoms with Gasteiger partial charge in [0.2, 0.25) is 0 Å². The van der Waals surface area contributed by atoms with Crippen LogP contribution in [0.1, 0.15) is 43.4 Å². The fourth-order valence-electron chi connectivity index (χ4n) is 3.93. The Kier molecular flexibility index (Phi) is 11.2. The molecule has 2 N–H and O–H groups in total. The van der Waals surface area contributed by atoms with E-state index in [1.807, 2.05) is 12.1 Å². The van der Waals surface area contributed by atoms with Crippen molar-refractivity contribution in [2.45, 2.75) is 51.2 Å². The van der Waals surface area contributed by atoms with Crippen LogP contribution in [0.3, 0.4) is 0 Å². The summed E-state index contributed by atoms with van der Waals surface area (Å²) in [7, 11) is 0. The molecule has 3 aromatic rings. The molecule has 178 valence electrons. The van der Waals surface area contributed by atoms with Crippen LogP contribution in [0, 0.1) is 11.3 Å². The Morgan fingerprint density at radius 1 is 1.11 bits per heavy atom. The molecule has 0 heterocycles. The number of β-amino-alcohol motifs (C(OH)–C–C–N with tert-alkyl or cyclic N) is 1. The first-order valence-electron chi connectivity index (χ1n) is 11.5. The Labute approximate surface area is 229 Å². The number of benzene rings is 3. The fraction of sp³-hybridized carbons (Fsp3) is 0.357. The average molecular weight is 483 g/mol. The second kappa shape index (κ2) is 13.6. The molecule has 0 saturated carbocycles. The van der Waals surface area contributed by atoms with E-state index in [1.165, 1.54) is 16.3 Å². The number of carboxylic acid groups (broad SMARTS) is 1. The number of rotatable bonds is 12. The van der Waals surface area contributed by atoms with Crippen molar-refractivity contribution in [3.05, 3.63) is 77.4 Å². The number of carbonyl (C=O) groups excluding carboxylic acids is 1. The third-order valence-electron chi connectivity index (χ3n) is 5.72. The molecule has 0 aliphatic carbocycles. The predicted octanol–water partition coefficient (Wildman–Crippen LogP) is 0.139. The molecule has 35 heavy (non-hydrogen) atoms. The molecule has 0 saturated heterocycles. The minimum Gasteiger partial charge on any atom is -0.550 e. The van der Waals surface area contributed by atoms with Gasteiger partial charge < -0.3 is 25.1 Å². The predicted molar refractivity (Wildman–Crippen MR) is 130 cm³/mol. The number of carbonyl (C=O) groups is 1. The first kappa shape index (κ1) is 28.8. The summed E-state index contributed by atoms with van der Waals surface area (Å²) in [5, 5.41) is 36.3. The van der Waals surface area contributed by atoms with E-state index in [-0.39, 0.29) is 48.1 Å². The number of aliphatic hydroxyl groups excluding tert-OH is 1. The molecule has 0 aromatic heterocycles. The van der Waals surface area contributed by atoms with Gasteiger partial charge in [-0.05, 0) is 73.6 Å². The molecular formula is C28H31N2NaO4. The number of hydrogen-bond acceptors (Lipinski definition) is 6.